The number of carboxylic acid groups (broad SMARTS) is 1. The molecule has 0 aliphatic heterocycles. The Morgan fingerprint density at radius 2 is 1.71 bits per heavy atom. The van der Waals surface area contributed by atoms with Crippen molar-refractivity contribution in [2.75, 3.05) is 5.32 Å². The summed E-state index contributed by atoms with van der Waals surface area (Å²) in [6.45, 7) is 2.01. The van der Waals surface area contributed by atoms with E-state index in [4.69, 9.17) is 0 Å². The number of carboxylic acids is 1. The van der Waals surface area contributed by atoms with Gasteiger partial charge in [0.15, 0.2) is 0 Å². The number of fused-ring (bicyclic) bond motifs is 2. The molecule has 1 heterocycles. The number of anilines is 1. The van der Waals surface area contributed by atoms with Crippen LogP contribution in [0.25, 0.3) is 11.1 Å². The molecule has 4 atom stereocenters. The molecule has 2 bridgehead atoms. The van der Waals surface area contributed by atoms with Crippen molar-refractivity contribution in [3.63, 3.8) is 0 Å². The van der Waals surface area contributed by atoms with Gasteiger partial charge < -0.3 is 15.7 Å². The number of hydrogen-bond donors (Lipinski definition) is 3. The fraction of sp³-hybridized carbons (Fsp3) is 0.375. The summed E-state index contributed by atoms with van der Waals surface area (Å²) in [6, 6.07) is 8.12. The Morgan fingerprint density at radius 1 is 1.03 bits per heavy atom. The monoisotopic (exact) mass is 436 g/mol. The number of benzene rings is 1. The molecule has 2 saturated carbocycles. The quantitative estimate of drug-likeness (QED) is 0.595. The summed E-state index contributed by atoms with van der Waals surface area (Å²) in [4.78, 5) is 38.1. The average Bonchev–Trinajstić information content (AvgIpc) is 3.15. The van der Waals surface area contributed by atoms with Crippen molar-refractivity contribution in [1.82, 2.24) is 5.32 Å². The van der Waals surface area contributed by atoms with Gasteiger partial charge in [0.05, 0.1) is 17.4 Å². The van der Waals surface area contributed by atoms with Gasteiger partial charge in [-0.25, -0.2) is 0 Å². The third-order valence-electron chi connectivity index (χ3n) is 6.58. The molecular formula is C24H24N2O4S. The highest BCUT2D eigenvalue weighted by atomic mass is 32.1. The van der Waals surface area contributed by atoms with Crippen LogP contribution in [0, 0.1) is 30.6 Å². The standard InChI is InChI=1S/C24H24N2O4S/c1-12-2-4-13(5-3-12)17-11-31-23(20(17)22(28)25-16-8-9-16)26-21(27)18-14-6-7-15(10-14)19(18)24(29)30/h2-7,11,14-16,18-19H,8-10H2,1H3,(H,25,28)(H,26,27)(H,29,30)/t14-,15+,18+,19+/m1/s1. The van der Waals surface area contributed by atoms with Gasteiger partial charge in [0.1, 0.15) is 5.00 Å². The molecule has 7 heteroatoms. The molecule has 2 fully saturated rings. The zero-order valence-electron chi connectivity index (χ0n) is 17.1. The minimum atomic E-state index is -0.935. The Balaban J connectivity index is 1.46. The highest BCUT2D eigenvalue weighted by Crippen LogP contribution is 2.49. The van der Waals surface area contributed by atoms with Crippen molar-refractivity contribution < 1.29 is 19.5 Å². The lowest BCUT2D eigenvalue weighted by Gasteiger charge is -2.23. The van der Waals surface area contributed by atoms with E-state index in [0.717, 1.165) is 29.5 Å². The summed E-state index contributed by atoms with van der Waals surface area (Å²) in [6.07, 6.45) is 6.51. The first-order valence-electron chi connectivity index (χ1n) is 10.6. The van der Waals surface area contributed by atoms with Crippen LogP contribution in [0.3, 0.4) is 0 Å². The molecule has 0 spiro atoms. The van der Waals surface area contributed by atoms with Crippen molar-refractivity contribution in [2.45, 2.75) is 32.2 Å². The van der Waals surface area contributed by atoms with Crippen LogP contribution >= 0.6 is 11.3 Å². The van der Waals surface area contributed by atoms with Gasteiger partial charge in [-0.3, -0.25) is 14.4 Å². The summed E-state index contributed by atoms with van der Waals surface area (Å²) in [7, 11) is 0. The maximum Gasteiger partial charge on any atom is 0.307 e. The van der Waals surface area contributed by atoms with Gasteiger partial charge in [0, 0.05) is 17.0 Å². The number of amides is 2. The number of carbonyl (C=O) groups is 3. The smallest absolute Gasteiger partial charge is 0.307 e. The highest BCUT2D eigenvalue weighted by Gasteiger charge is 2.51. The first-order chi connectivity index (χ1) is 14.9. The fourth-order valence-electron chi connectivity index (χ4n) is 4.82. The van der Waals surface area contributed by atoms with Crippen LogP contribution < -0.4 is 10.6 Å². The predicted molar refractivity (Wildman–Crippen MR) is 119 cm³/mol. The van der Waals surface area contributed by atoms with Crippen LogP contribution in [0.15, 0.2) is 41.8 Å². The van der Waals surface area contributed by atoms with E-state index in [9.17, 15) is 19.5 Å². The van der Waals surface area contributed by atoms with Crippen molar-refractivity contribution in [3.05, 3.63) is 52.9 Å². The van der Waals surface area contributed by atoms with E-state index in [1.165, 1.54) is 11.3 Å². The number of nitrogens with one attached hydrogen (secondary N) is 2. The molecule has 3 aliphatic rings. The minimum absolute atomic E-state index is 0.0635. The normalized spacial score (nSPS) is 26.1. The van der Waals surface area contributed by atoms with Gasteiger partial charge in [-0.15, -0.1) is 11.3 Å². The number of carbonyl (C=O) groups excluding carboxylic acids is 2. The minimum Gasteiger partial charge on any atom is -0.481 e. The predicted octanol–water partition coefficient (Wildman–Crippen LogP) is 4.08. The number of thiophene rings is 1. The van der Waals surface area contributed by atoms with Gasteiger partial charge in [-0.2, -0.15) is 0 Å². The molecule has 0 radical (unpaired) electrons. The van der Waals surface area contributed by atoms with Gasteiger partial charge in [0.2, 0.25) is 5.91 Å². The summed E-state index contributed by atoms with van der Waals surface area (Å²) >= 11 is 1.31. The molecule has 3 aliphatic carbocycles. The lowest BCUT2D eigenvalue weighted by atomic mass is 9.82. The second-order valence-electron chi connectivity index (χ2n) is 8.79. The fourth-order valence-corrected chi connectivity index (χ4v) is 5.79. The topological polar surface area (TPSA) is 95.5 Å². The summed E-state index contributed by atoms with van der Waals surface area (Å²) in [5, 5.41) is 18.0. The Kier molecular flexibility index (Phi) is 4.93. The Hall–Kier alpha value is -2.93. The number of aliphatic carboxylic acids is 1. The SMILES string of the molecule is Cc1ccc(-c2csc(NC(=O)[C@@H]3[C@@H](C(=O)O)[C@H]4C=C[C@@H]3C4)c2C(=O)NC2CC2)cc1. The van der Waals surface area contributed by atoms with Crippen molar-refractivity contribution in [3.8, 4) is 11.1 Å². The van der Waals surface area contributed by atoms with Gasteiger partial charge in [0.25, 0.3) is 5.91 Å². The van der Waals surface area contributed by atoms with Crippen LogP contribution in [0.5, 0.6) is 0 Å². The van der Waals surface area contributed by atoms with Crippen molar-refractivity contribution in [1.29, 1.82) is 0 Å². The molecule has 1 aromatic carbocycles. The van der Waals surface area contributed by atoms with Crippen LogP contribution in [-0.2, 0) is 9.59 Å². The molecule has 2 amide bonds. The number of rotatable bonds is 6. The number of aryl methyl sites for hydroxylation is 1. The molecule has 6 nitrogen and oxygen atoms in total. The Labute approximate surface area is 184 Å². The van der Waals surface area contributed by atoms with Crippen LogP contribution in [-0.4, -0.2) is 28.9 Å². The van der Waals surface area contributed by atoms with E-state index in [2.05, 4.69) is 10.6 Å². The van der Waals surface area contributed by atoms with Crippen LogP contribution in [0.2, 0.25) is 0 Å². The van der Waals surface area contributed by atoms with Gasteiger partial charge in [-0.1, -0.05) is 42.0 Å². The van der Waals surface area contributed by atoms with Gasteiger partial charge in [-0.05, 0) is 43.6 Å². The van der Waals surface area contributed by atoms with E-state index >= 15 is 0 Å². The Morgan fingerprint density at radius 3 is 2.35 bits per heavy atom. The largest absolute Gasteiger partial charge is 0.481 e. The Bertz CT molecular complexity index is 1080. The molecule has 1 aromatic heterocycles. The van der Waals surface area contributed by atoms with E-state index in [1.54, 1.807) is 0 Å². The molecule has 0 unspecified atom stereocenters. The molecule has 31 heavy (non-hydrogen) atoms. The number of hydrogen-bond acceptors (Lipinski definition) is 4. The zero-order valence-corrected chi connectivity index (χ0v) is 17.9. The van der Waals surface area contributed by atoms with Crippen LogP contribution in [0.1, 0.15) is 35.2 Å². The maximum absolute atomic E-state index is 13.2. The third-order valence-corrected chi connectivity index (χ3v) is 7.47. The average molecular weight is 437 g/mol. The van der Waals surface area contributed by atoms with E-state index in [0.29, 0.717) is 17.0 Å². The van der Waals surface area contributed by atoms with E-state index in [1.807, 2.05) is 48.7 Å². The third kappa shape index (κ3) is 3.67. The lowest BCUT2D eigenvalue weighted by Crippen LogP contribution is -2.36. The lowest BCUT2D eigenvalue weighted by molar-refractivity contribution is -0.146. The second kappa shape index (κ2) is 7.64. The maximum atomic E-state index is 13.2. The first-order valence-corrected chi connectivity index (χ1v) is 11.5. The number of allylic oxidation sites excluding steroid dienone is 2. The first kappa shape index (κ1) is 20.0. The molecule has 5 rings (SSSR count). The van der Waals surface area contributed by atoms with Gasteiger partial charge >= 0.3 is 5.97 Å². The van der Waals surface area contributed by atoms with E-state index < -0.39 is 17.8 Å². The van der Waals surface area contributed by atoms with Crippen molar-refractivity contribution >= 4 is 34.1 Å². The molecule has 160 valence electrons. The zero-order chi connectivity index (χ0) is 21.7. The highest BCUT2D eigenvalue weighted by molar-refractivity contribution is 7.15. The second-order valence-corrected chi connectivity index (χ2v) is 9.67. The summed E-state index contributed by atoms with van der Waals surface area (Å²) in [5.74, 6) is -2.93. The molecular weight excluding hydrogens is 412 g/mol. The summed E-state index contributed by atoms with van der Waals surface area (Å²) < 4.78 is 0. The molecule has 2 aromatic rings. The molecule has 0 saturated heterocycles. The molecule has 3 N–H and O–H groups in total. The van der Waals surface area contributed by atoms with Crippen molar-refractivity contribution in [2.24, 2.45) is 23.7 Å². The van der Waals surface area contributed by atoms with Crippen LogP contribution in [0.4, 0.5) is 5.00 Å². The summed E-state index contributed by atoms with van der Waals surface area (Å²) in [5.41, 5.74) is 3.27. The van der Waals surface area contributed by atoms with E-state index in [-0.39, 0.29) is 29.7 Å².